The van der Waals surface area contributed by atoms with Crippen LogP contribution in [0.3, 0.4) is 0 Å². The average molecular weight is 319 g/mol. The van der Waals surface area contributed by atoms with Gasteiger partial charge in [-0.15, -0.1) is 0 Å². The zero-order valence-electron chi connectivity index (χ0n) is 14.8. The van der Waals surface area contributed by atoms with Crippen molar-refractivity contribution >= 4 is 17.5 Å². The molecule has 5 nitrogen and oxygen atoms in total. The molecule has 128 valence electrons. The van der Waals surface area contributed by atoms with Crippen LogP contribution in [0.2, 0.25) is 0 Å². The van der Waals surface area contributed by atoms with E-state index >= 15 is 0 Å². The molecule has 2 N–H and O–H groups in total. The zero-order valence-corrected chi connectivity index (χ0v) is 14.8. The highest BCUT2D eigenvalue weighted by atomic mass is 16.2. The number of carbonyl (C=O) groups excluding carboxylic acids is 2. The Morgan fingerprint density at radius 2 is 1.96 bits per heavy atom. The Labute approximate surface area is 139 Å². The van der Waals surface area contributed by atoms with E-state index in [-0.39, 0.29) is 17.7 Å². The molecular weight excluding hydrogens is 290 g/mol. The summed E-state index contributed by atoms with van der Waals surface area (Å²) in [6.45, 7) is 11.6. The summed E-state index contributed by atoms with van der Waals surface area (Å²) in [6, 6.07) is 7.84. The molecule has 0 aromatic heterocycles. The molecular formula is C18H29N3O2. The smallest absolute Gasteiger partial charge is 0.242 e. The van der Waals surface area contributed by atoms with Crippen LogP contribution in [0.5, 0.6) is 0 Å². The number of amides is 2. The molecule has 2 amide bonds. The van der Waals surface area contributed by atoms with Gasteiger partial charge < -0.3 is 15.5 Å². The predicted molar refractivity (Wildman–Crippen MR) is 94.5 cm³/mol. The number of carbonyl (C=O) groups is 2. The van der Waals surface area contributed by atoms with Gasteiger partial charge in [0, 0.05) is 32.2 Å². The molecule has 5 heteroatoms. The molecule has 0 bridgehead atoms. The fourth-order valence-electron chi connectivity index (χ4n) is 2.47. The van der Waals surface area contributed by atoms with E-state index in [0.717, 1.165) is 18.8 Å². The Morgan fingerprint density at radius 3 is 2.48 bits per heavy atom. The summed E-state index contributed by atoms with van der Waals surface area (Å²) in [5, 5.41) is 5.63. The van der Waals surface area contributed by atoms with Crippen LogP contribution >= 0.6 is 0 Å². The number of hydrogen-bond acceptors (Lipinski definition) is 3. The molecule has 0 spiro atoms. The van der Waals surface area contributed by atoms with Crippen molar-refractivity contribution in [3.63, 3.8) is 0 Å². The standard InChI is InChI=1S/C18H29N3O2/c1-6-21(16-9-7-8-14(4)12-16)11-10-19-18(23)17(13(2)3)20-15(5)22/h7-9,12-13,17H,6,10-11H2,1-5H3,(H,19,23)(H,20,22)/t17-/m1/s1. The van der Waals surface area contributed by atoms with E-state index in [2.05, 4.69) is 47.6 Å². The Bertz CT molecular complexity index is 529. The lowest BCUT2D eigenvalue weighted by molar-refractivity contribution is -0.129. The van der Waals surface area contributed by atoms with Crippen molar-refractivity contribution in [2.75, 3.05) is 24.5 Å². The van der Waals surface area contributed by atoms with E-state index in [4.69, 9.17) is 0 Å². The normalized spacial score (nSPS) is 11.9. The molecule has 0 aliphatic carbocycles. The summed E-state index contributed by atoms with van der Waals surface area (Å²) in [6.07, 6.45) is 0. The van der Waals surface area contributed by atoms with E-state index in [9.17, 15) is 9.59 Å². The number of anilines is 1. The maximum atomic E-state index is 12.2. The third-order valence-electron chi connectivity index (χ3n) is 3.74. The molecule has 0 saturated carbocycles. The number of nitrogens with one attached hydrogen (secondary N) is 2. The maximum absolute atomic E-state index is 12.2. The first-order valence-corrected chi connectivity index (χ1v) is 8.21. The van der Waals surface area contributed by atoms with E-state index in [1.807, 2.05) is 19.9 Å². The Kier molecular flexibility index (Phi) is 7.59. The van der Waals surface area contributed by atoms with Crippen molar-refractivity contribution < 1.29 is 9.59 Å². The van der Waals surface area contributed by atoms with Gasteiger partial charge in [-0.3, -0.25) is 9.59 Å². The molecule has 1 atom stereocenters. The van der Waals surface area contributed by atoms with Gasteiger partial charge in [-0.05, 0) is 37.5 Å². The topological polar surface area (TPSA) is 61.4 Å². The van der Waals surface area contributed by atoms with Crippen LogP contribution in [-0.4, -0.2) is 37.5 Å². The molecule has 0 saturated heterocycles. The van der Waals surface area contributed by atoms with Crippen molar-refractivity contribution in [2.45, 2.75) is 40.7 Å². The first kappa shape index (κ1) is 19.0. The third kappa shape index (κ3) is 6.30. The predicted octanol–water partition coefficient (Wildman–Crippen LogP) is 2.10. The zero-order chi connectivity index (χ0) is 17.4. The summed E-state index contributed by atoms with van der Waals surface area (Å²) in [5.74, 6) is -0.262. The highest BCUT2D eigenvalue weighted by Gasteiger charge is 2.22. The van der Waals surface area contributed by atoms with E-state index in [1.54, 1.807) is 0 Å². The average Bonchev–Trinajstić information content (AvgIpc) is 2.48. The number of likely N-dealkylation sites (N-methyl/N-ethyl adjacent to an activating group) is 1. The highest BCUT2D eigenvalue weighted by Crippen LogP contribution is 2.15. The van der Waals surface area contributed by atoms with Crippen molar-refractivity contribution in [1.82, 2.24) is 10.6 Å². The summed E-state index contributed by atoms with van der Waals surface area (Å²) in [4.78, 5) is 25.7. The Balaban J connectivity index is 2.56. The van der Waals surface area contributed by atoms with Gasteiger partial charge in [-0.2, -0.15) is 0 Å². The van der Waals surface area contributed by atoms with E-state index in [0.29, 0.717) is 6.54 Å². The summed E-state index contributed by atoms with van der Waals surface area (Å²) >= 11 is 0. The highest BCUT2D eigenvalue weighted by molar-refractivity contribution is 5.87. The molecule has 23 heavy (non-hydrogen) atoms. The molecule has 1 rings (SSSR count). The quantitative estimate of drug-likeness (QED) is 0.771. The van der Waals surface area contributed by atoms with Gasteiger partial charge in [0.25, 0.3) is 0 Å². The minimum Gasteiger partial charge on any atom is -0.370 e. The van der Waals surface area contributed by atoms with Crippen molar-refractivity contribution in [1.29, 1.82) is 0 Å². The minimum atomic E-state index is -0.485. The van der Waals surface area contributed by atoms with Crippen molar-refractivity contribution in [2.24, 2.45) is 5.92 Å². The monoisotopic (exact) mass is 319 g/mol. The second-order valence-electron chi connectivity index (χ2n) is 6.13. The summed E-state index contributed by atoms with van der Waals surface area (Å²) in [5.41, 5.74) is 2.37. The van der Waals surface area contributed by atoms with Gasteiger partial charge in [0.2, 0.25) is 11.8 Å². The first-order chi connectivity index (χ1) is 10.8. The molecule has 1 aromatic carbocycles. The largest absolute Gasteiger partial charge is 0.370 e. The molecule has 0 aliphatic rings. The lowest BCUT2D eigenvalue weighted by Gasteiger charge is -2.25. The fourth-order valence-corrected chi connectivity index (χ4v) is 2.47. The second kappa shape index (κ2) is 9.18. The van der Waals surface area contributed by atoms with Crippen LogP contribution in [0.25, 0.3) is 0 Å². The van der Waals surface area contributed by atoms with Crippen molar-refractivity contribution in [3.8, 4) is 0 Å². The lowest BCUT2D eigenvalue weighted by atomic mass is 10.0. The van der Waals surface area contributed by atoms with Crippen LogP contribution in [0, 0.1) is 12.8 Å². The van der Waals surface area contributed by atoms with Crippen LogP contribution < -0.4 is 15.5 Å². The second-order valence-corrected chi connectivity index (χ2v) is 6.13. The van der Waals surface area contributed by atoms with Crippen LogP contribution in [0.1, 0.15) is 33.3 Å². The van der Waals surface area contributed by atoms with Crippen LogP contribution in [0.15, 0.2) is 24.3 Å². The van der Waals surface area contributed by atoms with Gasteiger partial charge >= 0.3 is 0 Å². The Morgan fingerprint density at radius 1 is 1.26 bits per heavy atom. The number of hydrogen-bond donors (Lipinski definition) is 2. The van der Waals surface area contributed by atoms with E-state index < -0.39 is 6.04 Å². The molecule has 0 aliphatic heterocycles. The Hall–Kier alpha value is -2.04. The number of benzene rings is 1. The maximum Gasteiger partial charge on any atom is 0.242 e. The van der Waals surface area contributed by atoms with Crippen molar-refractivity contribution in [3.05, 3.63) is 29.8 Å². The van der Waals surface area contributed by atoms with E-state index in [1.165, 1.54) is 12.5 Å². The van der Waals surface area contributed by atoms with Gasteiger partial charge in [0.15, 0.2) is 0 Å². The molecule has 1 aromatic rings. The van der Waals surface area contributed by atoms with Crippen LogP contribution in [0.4, 0.5) is 5.69 Å². The minimum absolute atomic E-state index is 0.0537. The number of nitrogens with zero attached hydrogens (tertiary/aromatic N) is 1. The first-order valence-electron chi connectivity index (χ1n) is 8.21. The molecule has 0 unspecified atom stereocenters. The van der Waals surface area contributed by atoms with Gasteiger partial charge in [-0.1, -0.05) is 26.0 Å². The SMILES string of the molecule is CCN(CCNC(=O)[C@H](NC(C)=O)C(C)C)c1cccc(C)c1. The summed E-state index contributed by atoms with van der Waals surface area (Å²) in [7, 11) is 0. The number of aryl methyl sites for hydroxylation is 1. The third-order valence-corrected chi connectivity index (χ3v) is 3.74. The van der Waals surface area contributed by atoms with Gasteiger partial charge in [0.1, 0.15) is 6.04 Å². The lowest BCUT2D eigenvalue weighted by Crippen LogP contribution is -2.50. The van der Waals surface area contributed by atoms with Gasteiger partial charge in [0.05, 0.1) is 0 Å². The molecule has 0 heterocycles. The summed E-state index contributed by atoms with van der Waals surface area (Å²) < 4.78 is 0. The fraction of sp³-hybridized carbons (Fsp3) is 0.556. The van der Waals surface area contributed by atoms with Crippen LogP contribution in [-0.2, 0) is 9.59 Å². The molecule has 0 radical (unpaired) electrons. The number of rotatable bonds is 8. The molecule has 0 fully saturated rings. The van der Waals surface area contributed by atoms with Gasteiger partial charge in [-0.25, -0.2) is 0 Å².